The molecular formula is C21H18O3. The van der Waals surface area contributed by atoms with Gasteiger partial charge in [0.1, 0.15) is 12.4 Å². The Hall–Kier alpha value is -2.91. The highest BCUT2D eigenvalue weighted by molar-refractivity contribution is 6.09. The van der Waals surface area contributed by atoms with Gasteiger partial charge < -0.3 is 9.84 Å². The molecule has 0 aliphatic heterocycles. The van der Waals surface area contributed by atoms with Crippen molar-refractivity contribution in [1.29, 1.82) is 0 Å². The van der Waals surface area contributed by atoms with Crippen molar-refractivity contribution in [2.24, 2.45) is 0 Å². The number of carbonyl (C=O) groups excluding carboxylic acids is 1. The van der Waals surface area contributed by atoms with Crippen molar-refractivity contribution in [1.82, 2.24) is 0 Å². The summed E-state index contributed by atoms with van der Waals surface area (Å²) in [7, 11) is 0. The van der Waals surface area contributed by atoms with E-state index in [-0.39, 0.29) is 19.0 Å². The molecule has 0 saturated heterocycles. The second-order valence-corrected chi connectivity index (χ2v) is 5.37. The minimum Gasteiger partial charge on any atom is -0.491 e. The Labute approximate surface area is 141 Å². The molecule has 120 valence electrons. The van der Waals surface area contributed by atoms with Crippen LogP contribution in [0, 0.1) is 0 Å². The highest BCUT2D eigenvalue weighted by Gasteiger charge is 2.09. The van der Waals surface area contributed by atoms with Gasteiger partial charge in [0.2, 0.25) is 0 Å². The van der Waals surface area contributed by atoms with E-state index in [1.807, 2.05) is 54.6 Å². The maximum Gasteiger partial charge on any atom is 0.193 e. The Morgan fingerprint density at radius 3 is 1.88 bits per heavy atom. The summed E-state index contributed by atoms with van der Waals surface area (Å²) >= 11 is 0. The number of aliphatic hydroxyl groups excluding tert-OH is 1. The maximum atomic E-state index is 12.5. The monoisotopic (exact) mass is 318 g/mol. The lowest BCUT2D eigenvalue weighted by Crippen LogP contribution is -2.03. The SMILES string of the molecule is O=C(c1ccc(OCCO)cc1)c1ccc(-c2ccccc2)cc1. The molecule has 0 aromatic heterocycles. The number of carbonyl (C=O) groups is 1. The predicted molar refractivity (Wildman–Crippen MR) is 94.3 cm³/mol. The summed E-state index contributed by atoms with van der Waals surface area (Å²) in [6.45, 7) is 0.211. The van der Waals surface area contributed by atoms with Crippen molar-refractivity contribution in [2.75, 3.05) is 13.2 Å². The number of aliphatic hydroxyl groups is 1. The number of ether oxygens (including phenoxy) is 1. The van der Waals surface area contributed by atoms with Gasteiger partial charge in [-0.15, -0.1) is 0 Å². The fourth-order valence-corrected chi connectivity index (χ4v) is 2.48. The topological polar surface area (TPSA) is 46.5 Å². The molecule has 0 heterocycles. The van der Waals surface area contributed by atoms with E-state index in [1.165, 1.54) is 0 Å². The average Bonchev–Trinajstić information content (AvgIpc) is 2.67. The third-order valence-electron chi connectivity index (χ3n) is 3.73. The van der Waals surface area contributed by atoms with E-state index >= 15 is 0 Å². The largest absolute Gasteiger partial charge is 0.491 e. The lowest BCUT2D eigenvalue weighted by Gasteiger charge is -2.06. The molecule has 3 nitrogen and oxygen atoms in total. The van der Waals surface area contributed by atoms with Crippen LogP contribution in [0.3, 0.4) is 0 Å². The Balaban J connectivity index is 1.75. The lowest BCUT2D eigenvalue weighted by atomic mass is 9.99. The van der Waals surface area contributed by atoms with Gasteiger partial charge in [0.05, 0.1) is 6.61 Å². The molecule has 0 aliphatic carbocycles. The van der Waals surface area contributed by atoms with Crippen LogP contribution in [0.15, 0.2) is 78.9 Å². The first-order chi connectivity index (χ1) is 11.8. The van der Waals surface area contributed by atoms with Crippen LogP contribution in [0.25, 0.3) is 11.1 Å². The minimum atomic E-state index is -0.0333. The van der Waals surface area contributed by atoms with Gasteiger partial charge >= 0.3 is 0 Å². The molecule has 0 unspecified atom stereocenters. The summed E-state index contributed by atoms with van der Waals surface area (Å²) in [4.78, 5) is 12.5. The van der Waals surface area contributed by atoms with E-state index in [1.54, 1.807) is 24.3 Å². The van der Waals surface area contributed by atoms with Crippen LogP contribution < -0.4 is 4.74 Å². The molecule has 0 radical (unpaired) electrons. The first-order valence-corrected chi connectivity index (χ1v) is 7.82. The molecule has 0 aliphatic rings. The molecule has 0 fully saturated rings. The molecule has 0 atom stereocenters. The zero-order chi connectivity index (χ0) is 16.8. The summed E-state index contributed by atoms with van der Waals surface area (Å²) in [5.41, 5.74) is 3.47. The summed E-state index contributed by atoms with van der Waals surface area (Å²) in [5, 5.41) is 8.74. The first kappa shape index (κ1) is 16.0. The number of rotatable bonds is 6. The van der Waals surface area contributed by atoms with Crippen molar-refractivity contribution in [3.63, 3.8) is 0 Å². The fourth-order valence-electron chi connectivity index (χ4n) is 2.48. The van der Waals surface area contributed by atoms with E-state index in [9.17, 15) is 4.79 Å². The van der Waals surface area contributed by atoms with Crippen molar-refractivity contribution < 1.29 is 14.6 Å². The summed E-state index contributed by atoms with van der Waals surface area (Å²) in [6.07, 6.45) is 0. The zero-order valence-electron chi connectivity index (χ0n) is 13.2. The first-order valence-electron chi connectivity index (χ1n) is 7.82. The molecule has 0 spiro atoms. The summed E-state index contributed by atoms with van der Waals surface area (Å²) in [6, 6.07) is 24.6. The Morgan fingerprint density at radius 1 is 0.750 bits per heavy atom. The van der Waals surface area contributed by atoms with Gasteiger partial charge in [0.25, 0.3) is 0 Å². The molecule has 0 amide bonds. The van der Waals surface area contributed by atoms with E-state index in [0.717, 1.165) is 11.1 Å². The van der Waals surface area contributed by atoms with Crippen LogP contribution in [-0.2, 0) is 0 Å². The molecule has 3 aromatic carbocycles. The van der Waals surface area contributed by atoms with Crippen LogP contribution in [0.4, 0.5) is 0 Å². The van der Waals surface area contributed by atoms with Gasteiger partial charge in [-0.2, -0.15) is 0 Å². The quantitative estimate of drug-likeness (QED) is 0.700. The Morgan fingerprint density at radius 2 is 1.29 bits per heavy atom. The highest BCUT2D eigenvalue weighted by Crippen LogP contribution is 2.21. The van der Waals surface area contributed by atoms with Crippen molar-refractivity contribution in [3.8, 4) is 16.9 Å². The zero-order valence-corrected chi connectivity index (χ0v) is 13.2. The van der Waals surface area contributed by atoms with Gasteiger partial charge in [-0.05, 0) is 35.4 Å². The number of ketones is 1. The number of benzene rings is 3. The van der Waals surface area contributed by atoms with E-state index in [4.69, 9.17) is 9.84 Å². The van der Waals surface area contributed by atoms with Crippen molar-refractivity contribution in [3.05, 3.63) is 90.0 Å². The highest BCUT2D eigenvalue weighted by atomic mass is 16.5. The van der Waals surface area contributed by atoms with Crippen LogP contribution in [0.1, 0.15) is 15.9 Å². The van der Waals surface area contributed by atoms with Crippen LogP contribution in [0.2, 0.25) is 0 Å². The molecule has 3 rings (SSSR count). The standard InChI is InChI=1S/C21H18O3/c22-14-15-24-20-12-10-19(11-13-20)21(23)18-8-6-17(7-9-18)16-4-2-1-3-5-16/h1-13,22H,14-15H2. The Kier molecular flexibility index (Phi) is 5.04. The van der Waals surface area contributed by atoms with Gasteiger partial charge in [-0.3, -0.25) is 4.79 Å². The Bertz CT molecular complexity index is 791. The van der Waals surface area contributed by atoms with Crippen LogP contribution in [0.5, 0.6) is 5.75 Å². The van der Waals surface area contributed by atoms with Gasteiger partial charge in [-0.1, -0.05) is 54.6 Å². The fraction of sp³-hybridized carbons (Fsp3) is 0.0952. The van der Waals surface area contributed by atoms with Gasteiger partial charge in [0.15, 0.2) is 5.78 Å². The van der Waals surface area contributed by atoms with E-state index in [0.29, 0.717) is 16.9 Å². The van der Waals surface area contributed by atoms with E-state index in [2.05, 4.69) is 0 Å². The molecular weight excluding hydrogens is 300 g/mol. The van der Waals surface area contributed by atoms with Crippen molar-refractivity contribution in [2.45, 2.75) is 0 Å². The predicted octanol–water partition coefficient (Wildman–Crippen LogP) is 3.96. The molecule has 24 heavy (non-hydrogen) atoms. The third-order valence-corrected chi connectivity index (χ3v) is 3.73. The van der Waals surface area contributed by atoms with Gasteiger partial charge in [0, 0.05) is 11.1 Å². The third kappa shape index (κ3) is 3.70. The lowest BCUT2D eigenvalue weighted by molar-refractivity contribution is 0.103. The maximum absolute atomic E-state index is 12.5. The number of hydrogen-bond acceptors (Lipinski definition) is 3. The molecule has 3 heteroatoms. The van der Waals surface area contributed by atoms with Crippen molar-refractivity contribution >= 4 is 5.78 Å². The molecule has 0 bridgehead atoms. The van der Waals surface area contributed by atoms with Crippen LogP contribution in [-0.4, -0.2) is 24.1 Å². The number of hydrogen-bond donors (Lipinski definition) is 1. The normalized spacial score (nSPS) is 10.4. The minimum absolute atomic E-state index is 0.0247. The smallest absolute Gasteiger partial charge is 0.193 e. The van der Waals surface area contributed by atoms with E-state index < -0.39 is 0 Å². The average molecular weight is 318 g/mol. The molecule has 1 N–H and O–H groups in total. The van der Waals surface area contributed by atoms with Crippen LogP contribution >= 0.6 is 0 Å². The second kappa shape index (κ2) is 7.57. The van der Waals surface area contributed by atoms with Gasteiger partial charge in [-0.25, -0.2) is 0 Å². The molecule has 3 aromatic rings. The summed E-state index contributed by atoms with van der Waals surface area (Å²) in [5.74, 6) is 0.614. The second-order valence-electron chi connectivity index (χ2n) is 5.37. The molecule has 0 saturated carbocycles. The summed E-state index contributed by atoms with van der Waals surface area (Å²) < 4.78 is 5.30.